The first-order chi connectivity index (χ1) is 4.30. The first-order valence-corrected chi connectivity index (χ1v) is 2.63. The second kappa shape index (κ2) is 2.46. The van der Waals surface area contributed by atoms with Gasteiger partial charge in [0.15, 0.2) is 0 Å². The van der Waals surface area contributed by atoms with Gasteiger partial charge in [-0.05, 0) is 24.1 Å². The summed E-state index contributed by atoms with van der Waals surface area (Å²) in [5.74, 6) is 0. The van der Waals surface area contributed by atoms with E-state index in [1.54, 1.807) is 12.4 Å². The van der Waals surface area contributed by atoms with Gasteiger partial charge in [-0.2, -0.15) is 0 Å². The SMILES string of the molecule is [2H]C(C)c1ccncc1. The van der Waals surface area contributed by atoms with Crippen molar-refractivity contribution in [2.75, 3.05) is 0 Å². The highest BCUT2D eigenvalue weighted by Gasteiger charge is 1.80. The average molecular weight is 108 g/mol. The third-order valence-corrected chi connectivity index (χ3v) is 1.04. The molecule has 1 nitrogen and oxygen atoms in total. The molecule has 0 N–H and O–H groups in total. The number of hydrogen-bond acceptors (Lipinski definition) is 1. The molecule has 0 fully saturated rings. The van der Waals surface area contributed by atoms with Crippen molar-refractivity contribution in [1.82, 2.24) is 4.98 Å². The molecule has 0 radical (unpaired) electrons. The van der Waals surface area contributed by atoms with Crippen molar-refractivity contribution in [3.05, 3.63) is 30.1 Å². The molecule has 0 bridgehead atoms. The predicted molar refractivity (Wildman–Crippen MR) is 33.6 cm³/mol. The van der Waals surface area contributed by atoms with Crippen LogP contribution in [0.15, 0.2) is 24.5 Å². The van der Waals surface area contributed by atoms with E-state index in [-0.39, 0.29) is 6.40 Å². The fraction of sp³-hybridized carbons (Fsp3) is 0.286. The fourth-order valence-corrected chi connectivity index (χ4v) is 0.556. The van der Waals surface area contributed by atoms with Crippen LogP contribution in [0.2, 0.25) is 0 Å². The number of aryl methyl sites for hydroxylation is 1. The van der Waals surface area contributed by atoms with Gasteiger partial charge in [0.1, 0.15) is 0 Å². The molecule has 8 heavy (non-hydrogen) atoms. The fourth-order valence-electron chi connectivity index (χ4n) is 0.556. The zero-order valence-corrected chi connectivity index (χ0v) is 4.83. The molecule has 0 aliphatic carbocycles. The number of rotatable bonds is 1. The molecule has 1 atom stereocenters. The molecule has 0 aromatic carbocycles. The van der Waals surface area contributed by atoms with E-state index in [4.69, 9.17) is 1.37 Å². The third kappa shape index (κ3) is 1.06. The molecule has 0 amide bonds. The summed E-state index contributed by atoms with van der Waals surface area (Å²) in [5.41, 5.74) is 1.02. The molecule has 1 unspecified atom stereocenters. The molecule has 0 saturated carbocycles. The van der Waals surface area contributed by atoms with Crippen molar-refractivity contribution in [1.29, 1.82) is 0 Å². The van der Waals surface area contributed by atoms with E-state index in [1.165, 1.54) is 0 Å². The molecule has 1 heteroatoms. The van der Waals surface area contributed by atoms with Crippen molar-refractivity contribution in [3.8, 4) is 0 Å². The summed E-state index contributed by atoms with van der Waals surface area (Å²) in [7, 11) is 0. The lowest BCUT2D eigenvalue weighted by Gasteiger charge is -1.89. The lowest BCUT2D eigenvalue weighted by atomic mass is 10.2. The van der Waals surface area contributed by atoms with Crippen molar-refractivity contribution < 1.29 is 1.37 Å². The van der Waals surface area contributed by atoms with E-state index in [0.29, 0.717) is 0 Å². The summed E-state index contributed by atoms with van der Waals surface area (Å²) < 4.78 is 7.29. The second-order valence-corrected chi connectivity index (χ2v) is 1.57. The lowest BCUT2D eigenvalue weighted by Crippen LogP contribution is -1.76. The number of pyridine rings is 1. The zero-order valence-electron chi connectivity index (χ0n) is 5.83. The molecule has 1 aromatic rings. The third-order valence-electron chi connectivity index (χ3n) is 1.04. The smallest absolute Gasteiger partial charge is 0.0313 e. The standard InChI is InChI=1S/C7H9N/c1-2-7-3-5-8-6-4-7/h3-6H,2H2,1H3/i2D. The molecule has 1 rings (SSSR count). The van der Waals surface area contributed by atoms with Gasteiger partial charge in [-0.3, -0.25) is 4.98 Å². The minimum Gasteiger partial charge on any atom is -0.265 e. The van der Waals surface area contributed by atoms with Crippen LogP contribution in [0.3, 0.4) is 0 Å². The largest absolute Gasteiger partial charge is 0.265 e. The maximum absolute atomic E-state index is 7.29. The molecular weight excluding hydrogens is 98.1 g/mol. The summed E-state index contributed by atoms with van der Waals surface area (Å²) in [6, 6.07) is 3.72. The Morgan fingerprint density at radius 2 is 2.25 bits per heavy atom. The number of nitrogens with zero attached hydrogens (tertiary/aromatic N) is 1. The maximum Gasteiger partial charge on any atom is 0.0313 e. The number of hydrogen-bond donors (Lipinski definition) is 0. The summed E-state index contributed by atoms with van der Waals surface area (Å²) >= 11 is 0. The van der Waals surface area contributed by atoms with E-state index >= 15 is 0 Å². The van der Waals surface area contributed by atoms with Crippen LogP contribution in [0.1, 0.15) is 13.9 Å². The van der Waals surface area contributed by atoms with Gasteiger partial charge >= 0.3 is 0 Å². The van der Waals surface area contributed by atoms with Gasteiger partial charge in [0.25, 0.3) is 0 Å². The van der Waals surface area contributed by atoms with Crippen LogP contribution in [0.25, 0.3) is 0 Å². The minimum atomic E-state index is -0.131. The van der Waals surface area contributed by atoms with Gasteiger partial charge in [0, 0.05) is 13.8 Å². The van der Waals surface area contributed by atoms with Crippen LogP contribution in [0, 0.1) is 0 Å². The molecule has 0 aliphatic heterocycles. The molecule has 1 aromatic heterocycles. The Hall–Kier alpha value is -0.850. The Labute approximate surface area is 50.8 Å². The summed E-state index contributed by atoms with van der Waals surface area (Å²) in [6.45, 7) is 1.84. The Morgan fingerprint density at radius 3 is 2.62 bits per heavy atom. The van der Waals surface area contributed by atoms with Crippen molar-refractivity contribution in [2.24, 2.45) is 0 Å². The van der Waals surface area contributed by atoms with Crippen molar-refractivity contribution >= 4 is 0 Å². The highest BCUT2D eigenvalue weighted by atomic mass is 14.6. The molecule has 0 aliphatic rings. The lowest BCUT2D eigenvalue weighted by molar-refractivity contribution is 1.12. The monoisotopic (exact) mass is 108 g/mol. The molecular formula is C7H9N. The van der Waals surface area contributed by atoms with Crippen molar-refractivity contribution in [3.63, 3.8) is 0 Å². The maximum atomic E-state index is 7.29. The Bertz CT molecular complexity index is 172. The van der Waals surface area contributed by atoms with Gasteiger partial charge in [-0.1, -0.05) is 6.92 Å². The van der Waals surface area contributed by atoms with Gasteiger partial charge in [0.05, 0.1) is 0 Å². The normalized spacial score (nSPS) is 14.9. The zero-order chi connectivity index (χ0) is 6.69. The summed E-state index contributed by atoms with van der Waals surface area (Å²) in [6.07, 6.45) is 3.29. The van der Waals surface area contributed by atoms with Crippen LogP contribution >= 0.6 is 0 Å². The van der Waals surface area contributed by atoms with E-state index in [2.05, 4.69) is 4.98 Å². The Kier molecular flexibility index (Phi) is 1.25. The topological polar surface area (TPSA) is 12.9 Å². The van der Waals surface area contributed by atoms with Gasteiger partial charge in [-0.15, -0.1) is 0 Å². The molecule has 42 valence electrons. The van der Waals surface area contributed by atoms with E-state index in [1.807, 2.05) is 19.1 Å². The first-order valence-electron chi connectivity index (χ1n) is 3.20. The van der Waals surface area contributed by atoms with Crippen LogP contribution in [0.5, 0.6) is 0 Å². The van der Waals surface area contributed by atoms with Crippen LogP contribution in [-0.2, 0) is 6.40 Å². The van der Waals surface area contributed by atoms with Gasteiger partial charge < -0.3 is 0 Å². The number of aromatic nitrogens is 1. The minimum absolute atomic E-state index is 0.131. The first kappa shape index (κ1) is 4.07. The van der Waals surface area contributed by atoms with E-state index in [0.717, 1.165) is 5.56 Å². The highest BCUT2D eigenvalue weighted by Crippen LogP contribution is 1.94. The predicted octanol–water partition coefficient (Wildman–Crippen LogP) is 1.64. The quantitative estimate of drug-likeness (QED) is 0.533. The molecule has 1 heterocycles. The summed E-state index contributed by atoms with van der Waals surface area (Å²) in [4.78, 5) is 3.84. The van der Waals surface area contributed by atoms with Crippen LogP contribution in [-0.4, -0.2) is 4.98 Å². The van der Waals surface area contributed by atoms with Crippen molar-refractivity contribution in [2.45, 2.75) is 13.3 Å². The Balaban J connectivity index is 2.85. The molecule has 0 spiro atoms. The Morgan fingerprint density at radius 1 is 1.62 bits per heavy atom. The highest BCUT2D eigenvalue weighted by molar-refractivity contribution is 5.08. The molecule has 0 saturated heterocycles. The van der Waals surface area contributed by atoms with E-state index < -0.39 is 0 Å². The average Bonchev–Trinajstić information content (AvgIpc) is 1.90. The van der Waals surface area contributed by atoms with Gasteiger partial charge in [-0.25, -0.2) is 0 Å². The van der Waals surface area contributed by atoms with E-state index in [9.17, 15) is 0 Å². The second-order valence-electron chi connectivity index (χ2n) is 1.57. The van der Waals surface area contributed by atoms with Gasteiger partial charge in [0.2, 0.25) is 0 Å². The summed E-state index contributed by atoms with van der Waals surface area (Å²) in [5, 5.41) is 0. The van der Waals surface area contributed by atoms with Crippen LogP contribution in [0.4, 0.5) is 0 Å². The van der Waals surface area contributed by atoms with Crippen LogP contribution < -0.4 is 0 Å².